The molecular formula is C2H8HgO8P2. The molecule has 0 spiro atoms. The Kier molecular flexibility index (Phi) is 8.42. The van der Waals surface area contributed by atoms with Gasteiger partial charge >= 0.3 is 15.6 Å². The van der Waals surface area contributed by atoms with E-state index in [0.29, 0.717) is 0 Å². The fourth-order valence-corrected chi connectivity index (χ4v) is 0.937. The number of phosphoric ester groups is 2. The summed E-state index contributed by atoms with van der Waals surface area (Å²) in [5, 5.41) is 0. The zero-order valence-electron chi connectivity index (χ0n) is 6.44. The van der Waals surface area contributed by atoms with Crippen molar-refractivity contribution in [3.05, 3.63) is 0 Å². The monoisotopic (exact) mass is 424 g/mol. The van der Waals surface area contributed by atoms with Crippen LogP contribution in [-0.4, -0.2) is 32.8 Å². The normalized spacial score (nSPS) is 12.3. The van der Waals surface area contributed by atoms with Gasteiger partial charge < -0.3 is 19.6 Å². The van der Waals surface area contributed by atoms with Crippen molar-refractivity contribution in [3.8, 4) is 0 Å². The van der Waals surface area contributed by atoms with Crippen LogP contribution >= 0.6 is 15.6 Å². The third-order valence-corrected chi connectivity index (χ3v) is 1.64. The van der Waals surface area contributed by atoms with Crippen LogP contribution in [0.3, 0.4) is 0 Å². The Hall–Kier alpha value is 1.16. The van der Waals surface area contributed by atoms with Crippen molar-refractivity contribution in [1.82, 2.24) is 0 Å². The van der Waals surface area contributed by atoms with Crippen molar-refractivity contribution < 1.29 is 65.4 Å². The maximum atomic E-state index is 9.98. The maximum Gasteiger partial charge on any atom is 0.469 e. The third kappa shape index (κ3) is 15.9. The van der Waals surface area contributed by atoms with Gasteiger partial charge in [-0.05, 0) is 0 Å². The van der Waals surface area contributed by atoms with Crippen LogP contribution in [0.5, 0.6) is 0 Å². The van der Waals surface area contributed by atoms with Crippen LogP contribution in [0.1, 0.15) is 0 Å². The summed E-state index contributed by atoms with van der Waals surface area (Å²) in [5.41, 5.74) is 0. The first-order chi connectivity index (χ1) is 5.21. The Morgan fingerprint density at radius 2 is 1.08 bits per heavy atom. The molecule has 4 N–H and O–H groups in total. The fraction of sp³-hybridized carbons (Fsp3) is 1.00. The van der Waals surface area contributed by atoms with Gasteiger partial charge in [0.25, 0.3) is 0 Å². The van der Waals surface area contributed by atoms with E-state index >= 15 is 0 Å². The summed E-state index contributed by atoms with van der Waals surface area (Å²) < 4.78 is 27.6. The van der Waals surface area contributed by atoms with Gasteiger partial charge in [-0.25, -0.2) is 9.13 Å². The Morgan fingerprint density at radius 1 is 0.846 bits per heavy atom. The molecule has 0 aromatic heterocycles. The van der Waals surface area contributed by atoms with Crippen molar-refractivity contribution in [3.63, 3.8) is 0 Å². The molecule has 0 aliphatic carbocycles. The molecule has 0 amide bonds. The van der Waals surface area contributed by atoms with Gasteiger partial charge in [-0.3, -0.25) is 9.05 Å². The van der Waals surface area contributed by atoms with Gasteiger partial charge in [-0.2, -0.15) is 0 Å². The van der Waals surface area contributed by atoms with Gasteiger partial charge in [0.15, 0.2) is 0 Å². The average molecular weight is 423 g/mol. The SMILES string of the molecule is O=P(O)(O)OCCOP(=O)(O)O.[Hg]. The van der Waals surface area contributed by atoms with Crippen LogP contribution < -0.4 is 0 Å². The van der Waals surface area contributed by atoms with E-state index in [9.17, 15) is 9.13 Å². The quantitative estimate of drug-likeness (QED) is 0.257. The first-order valence-electron chi connectivity index (χ1n) is 2.61. The van der Waals surface area contributed by atoms with Crippen LogP contribution in [0.2, 0.25) is 0 Å². The van der Waals surface area contributed by atoms with Crippen molar-refractivity contribution in [1.29, 1.82) is 0 Å². The molecule has 0 heterocycles. The molecule has 13 heavy (non-hydrogen) atoms. The second-order valence-electron chi connectivity index (χ2n) is 1.65. The van der Waals surface area contributed by atoms with Crippen LogP contribution in [0.4, 0.5) is 0 Å². The van der Waals surface area contributed by atoms with Gasteiger partial charge in [0.1, 0.15) is 0 Å². The van der Waals surface area contributed by atoms with E-state index in [1.54, 1.807) is 0 Å². The number of hydrogen-bond donors (Lipinski definition) is 4. The van der Waals surface area contributed by atoms with Crippen LogP contribution in [0.15, 0.2) is 0 Å². The Labute approximate surface area is 94.2 Å². The van der Waals surface area contributed by atoms with E-state index in [1.807, 2.05) is 0 Å². The minimum atomic E-state index is -4.58. The fourth-order valence-electron chi connectivity index (χ4n) is 0.312. The zero-order valence-corrected chi connectivity index (χ0v) is 13.7. The van der Waals surface area contributed by atoms with Gasteiger partial charge in [0.2, 0.25) is 0 Å². The zero-order chi connectivity index (χ0) is 9.83. The summed E-state index contributed by atoms with van der Waals surface area (Å²) in [5.74, 6) is 0. The molecule has 0 radical (unpaired) electrons. The number of phosphoric acid groups is 2. The first kappa shape index (κ1) is 16.6. The van der Waals surface area contributed by atoms with Crippen molar-refractivity contribution >= 4 is 15.6 Å². The number of hydrogen-bond acceptors (Lipinski definition) is 4. The van der Waals surface area contributed by atoms with E-state index in [4.69, 9.17) is 19.6 Å². The summed E-state index contributed by atoms with van der Waals surface area (Å²) >= 11 is 0. The molecule has 0 bridgehead atoms. The summed E-state index contributed by atoms with van der Waals surface area (Å²) in [6.45, 7) is -1.18. The summed E-state index contributed by atoms with van der Waals surface area (Å²) in [4.78, 5) is 32.3. The van der Waals surface area contributed by atoms with Gasteiger partial charge in [0.05, 0.1) is 13.2 Å². The number of rotatable bonds is 5. The van der Waals surface area contributed by atoms with Gasteiger partial charge in [-0.15, -0.1) is 0 Å². The standard InChI is InChI=1S/C2H8O8P2.Hg/c3-11(4,5)9-1-2-10-12(6,7)8;/h1-2H2,(H2,3,4,5)(H2,6,7,8);. The summed E-state index contributed by atoms with van der Waals surface area (Å²) in [6.07, 6.45) is 0. The summed E-state index contributed by atoms with van der Waals surface area (Å²) in [6, 6.07) is 0. The molecule has 0 aromatic rings. The van der Waals surface area contributed by atoms with Gasteiger partial charge in [-0.1, -0.05) is 0 Å². The topological polar surface area (TPSA) is 134 Å². The Morgan fingerprint density at radius 3 is 1.23 bits per heavy atom. The van der Waals surface area contributed by atoms with E-state index in [1.165, 1.54) is 0 Å². The first-order valence-corrected chi connectivity index (χ1v) is 5.67. The third-order valence-electron chi connectivity index (χ3n) is 0.602. The molecule has 76 valence electrons. The maximum absolute atomic E-state index is 9.98. The second kappa shape index (κ2) is 6.60. The molecule has 0 saturated heterocycles. The summed E-state index contributed by atoms with van der Waals surface area (Å²) in [7, 11) is -9.16. The Bertz CT molecular complexity index is 192. The molecule has 11 heteroatoms. The van der Waals surface area contributed by atoms with E-state index in [2.05, 4.69) is 9.05 Å². The molecular weight excluding hydrogens is 415 g/mol. The van der Waals surface area contributed by atoms with Gasteiger partial charge in [0, 0.05) is 27.7 Å². The van der Waals surface area contributed by atoms with Crippen LogP contribution in [0.25, 0.3) is 0 Å². The van der Waals surface area contributed by atoms with Crippen molar-refractivity contribution in [2.45, 2.75) is 0 Å². The molecule has 0 fully saturated rings. The molecule has 0 aromatic carbocycles. The molecule has 0 saturated carbocycles. The van der Waals surface area contributed by atoms with E-state index in [-0.39, 0.29) is 27.7 Å². The Balaban J connectivity index is 0. The van der Waals surface area contributed by atoms with Crippen molar-refractivity contribution in [2.75, 3.05) is 13.2 Å². The molecule has 0 rings (SSSR count). The molecule has 0 unspecified atom stereocenters. The predicted octanol–water partition coefficient (Wildman–Crippen LogP) is -0.798. The van der Waals surface area contributed by atoms with Crippen LogP contribution in [-0.2, 0) is 45.8 Å². The smallest absolute Gasteiger partial charge is 0.303 e. The predicted molar refractivity (Wildman–Crippen MR) is 36.0 cm³/mol. The van der Waals surface area contributed by atoms with E-state index < -0.39 is 28.9 Å². The van der Waals surface area contributed by atoms with Crippen LogP contribution in [0, 0.1) is 0 Å². The second-order valence-corrected chi connectivity index (χ2v) is 4.13. The van der Waals surface area contributed by atoms with Crippen molar-refractivity contribution in [2.24, 2.45) is 0 Å². The largest absolute Gasteiger partial charge is 0.469 e. The minimum Gasteiger partial charge on any atom is -0.303 e. The molecule has 0 aliphatic heterocycles. The minimum absolute atomic E-state index is 0. The van der Waals surface area contributed by atoms with E-state index in [0.717, 1.165) is 0 Å². The molecule has 0 aliphatic rings. The molecule has 8 nitrogen and oxygen atoms in total. The average Bonchev–Trinajstić information content (AvgIpc) is 1.76. The molecule has 0 atom stereocenters.